The maximum atomic E-state index is 13.6. The molecule has 0 bridgehead atoms. The van der Waals surface area contributed by atoms with Gasteiger partial charge in [0.05, 0.1) is 17.4 Å². The lowest BCUT2D eigenvalue weighted by molar-refractivity contribution is -0.118. The fourth-order valence-corrected chi connectivity index (χ4v) is 6.91. The Morgan fingerprint density at radius 3 is 2.62 bits per heavy atom. The molecule has 3 N–H and O–H groups in total. The van der Waals surface area contributed by atoms with Crippen molar-refractivity contribution in [3.05, 3.63) is 94.5 Å². The molecular formula is C32H32N6O2S2. The van der Waals surface area contributed by atoms with Crippen molar-refractivity contribution in [1.29, 1.82) is 5.26 Å². The fourth-order valence-electron chi connectivity index (χ4n) is 5.23. The topological polar surface area (TPSA) is 125 Å². The molecule has 0 saturated carbocycles. The highest BCUT2D eigenvalue weighted by Crippen LogP contribution is 2.48. The van der Waals surface area contributed by atoms with Crippen LogP contribution in [-0.2, 0) is 16.0 Å². The third kappa shape index (κ3) is 6.32. The Kier molecular flexibility index (Phi) is 8.61. The first-order valence-electron chi connectivity index (χ1n) is 13.7. The molecule has 42 heavy (non-hydrogen) atoms. The number of anilines is 2. The summed E-state index contributed by atoms with van der Waals surface area (Å²) in [6.45, 7) is 6.19. The second-order valence-corrected chi connectivity index (χ2v) is 13.2. The van der Waals surface area contributed by atoms with E-state index in [1.807, 2.05) is 66.7 Å². The molecule has 0 radical (unpaired) electrons. The number of nitrogens with one attached hydrogen (secondary N) is 1. The van der Waals surface area contributed by atoms with Crippen molar-refractivity contribution in [2.45, 2.75) is 44.4 Å². The summed E-state index contributed by atoms with van der Waals surface area (Å²) >= 11 is 2.55. The number of ketones is 1. The third-order valence-corrected chi connectivity index (χ3v) is 9.31. The Labute approximate surface area is 254 Å². The largest absolute Gasteiger partial charge is 0.384 e. The number of hydrogen-bond donors (Lipinski definition) is 2. The van der Waals surface area contributed by atoms with Gasteiger partial charge in [0.15, 0.2) is 10.1 Å². The van der Waals surface area contributed by atoms with Crippen LogP contribution in [0.3, 0.4) is 0 Å². The zero-order valence-corrected chi connectivity index (χ0v) is 25.4. The minimum atomic E-state index is -0.554. The van der Waals surface area contributed by atoms with Crippen LogP contribution in [0.15, 0.2) is 87.7 Å². The smallest absolute Gasteiger partial charge is 0.234 e. The monoisotopic (exact) mass is 596 g/mol. The summed E-state index contributed by atoms with van der Waals surface area (Å²) < 4.78 is 0.586. The number of hydrogen-bond acceptors (Lipinski definition) is 9. The molecule has 10 heteroatoms. The fraction of sp³-hybridized carbons (Fsp3) is 0.281. The number of rotatable bonds is 8. The molecule has 1 amide bonds. The first-order chi connectivity index (χ1) is 20.2. The predicted octanol–water partition coefficient (Wildman–Crippen LogP) is 6.32. The molecule has 3 aromatic rings. The summed E-state index contributed by atoms with van der Waals surface area (Å²) in [5, 5.41) is 22.2. The van der Waals surface area contributed by atoms with Gasteiger partial charge in [0, 0.05) is 29.3 Å². The van der Waals surface area contributed by atoms with Gasteiger partial charge in [0.2, 0.25) is 11.0 Å². The van der Waals surface area contributed by atoms with Gasteiger partial charge in [-0.25, -0.2) is 0 Å². The van der Waals surface area contributed by atoms with Gasteiger partial charge < -0.3 is 11.1 Å². The summed E-state index contributed by atoms with van der Waals surface area (Å²) in [6.07, 6.45) is 5.71. The maximum Gasteiger partial charge on any atom is 0.234 e. The lowest BCUT2D eigenvalue weighted by Gasteiger charge is -2.41. The minimum Gasteiger partial charge on any atom is -0.384 e. The van der Waals surface area contributed by atoms with Crippen LogP contribution in [0.25, 0.3) is 6.08 Å². The van der Waals surface area contributed by atoms with E-state index in [1.165, 1.54) is 28.7 Å². The quantitative estimate of drug-likeness (QED) is 0.290. The minimum absolute atomic E-state index is 0.00281. The Bertz CT molecular complexity index is 1630. The van der Waals surface area contributed by atoms with Gasteiger partial charge in [-0.3, -0.25) is 14.5 Å². The number of nitrogens with zero attached hydrogens (tertiary/aromatic N) is 4. The number of aromatic nitrogens is 2. The van der Waals surface area contributed by atoms with Gasteiger partial charge in [-0.15, -0.1) is 10.2 Å². The number of Topliss-reactive ketones (excluding diaryl/α,β-unsaturated/α-hetero) is 1. The number of aryl methyl sites for hydroxylation is 1. The molecule has 2 aliphatic rings. The van der Waals surface area contributed by atoms with E-state index in [-0.39, 0.29) is 28.7 Å². The number of amides is 1. The first-order valence-corrected chi connectivity index (χ1v) is 15.5. The van der Waals surface area contributed by atoms with Crippen LogP contribution in [0.5, 0.6) is 0 Å². The summed E-state index contributed by atoms with van der Waals surface area (Å²) in [5.74, 6) is -0.308. The zero-order valence-electron chi connectivity index (χ0n) is 23.8. The predicted molar refractivity (Wildman–Crippen MR) is 168 cm³/mol. The van der Waals surface area contributed by atoms with E-state index in [9.17, 15) is 14.9 Å². The van der Waals surface area contributed by atoms with Crippen molar-refractivity contribution in [3.8, 4) is 6.07 Å². The van der Waals surface area contributed by atoms with Crippen LogP contribution in [0.2, 0.25) is 0 Å². The number of thioether (sulfide) groups is 1. The summed E-state index contributed by atoms with van der Waals surface area (Å²) in [5.41, 5.74) is 10.9. The first kappa shape index (κ1) is 29.3. The van der Waals surface area contributed by atoms with E-state index in [1.54, 1.807) is 4.90 Å². The van der Waals surface area contributed by atoms with Crippen LogP contribution >= 0.6 is 23.1 Å². The molecule has 1 aromatic heterocycles. The number of nitriles is 1. The molecule has 2 heterocycles. The average molecular weight is 597 g/mol. The van der Waals surface area contributed by atoms with Crippen molar-refractivity contribution in [2.75, 3.05) is 16.0 Å². The van der Waals surface area contributed by atoms with Crippen molar-refractivity contribution < 1.29 is 9.59 Å². The van der Waals surface area contributed by atoms with Gasteiger partial charge in [-0.05, 0) is 41.5 Å². The zero-order chi connectivity index (χ0) is 29.9. The number of benzene rings is 2. The molecular weight excluding hydrogens is 565 g/mol. The van der Waals surface area contributed by atoms with E-state index >= 15 is 0 Å². The molecule has 214 valence electrons. The third-order valence-electron chi connectivity index (χ3n) is 7.27. The van der Waals surface area contributed by atoms with Crippen LogP contribution < -0.4 is 16.0 Å². The molecule has 5 rings (SSSR count). The Morgan fingerprint density at radius 2 is 1.93 bits per heavy atom. The number of nitrogens with two attached hydrogens (primary N) is 1. The Morgan fingerprint density at radius 1 is 1.19 bits per heavy atom. The van der Waals surface area contributed by atoms with E-state index in [0.29, 0.717) is 33.5 Å². The molecule has 0 saturated heterocycles. The molecule has 1 unspecified atom stereocenters. The van der Waals surface area contributed by atoms with E-state index in [4.69, 9.17) is 5.73 Å². The molecule has 1 atom stereocenters. The average Bonchev–Trinajstić information content (AvgIpc) is 3.43. The lowest BCUT2D eigenvalue weighted by Crippen LogP contribution is -2.42. The van der Waals surface area contributed by atoms with Gasteiger partial charge >= 0.3 is 0 Å². The summed E-state index contributed by atoms with van der Waals surface area (Å²) in [7, 11) is 0. The van der Waals surface area contributed by atoms with E-state index in [0.717, 1.165) is 23.4 Å². The van der Waals surface area contributed by atoms with Crippen molar-refractivity contribution in [1.82, 2.24) is 10.2 Å². The lowest BCUT2D eigenvalue weighted by atomic mass is 9.70. The highest BCUT2D eigenvalue weighted by Gasteiger charge is 2.44. The molecule has 1 aliphatic carbocycles. The van der Waals surface area contributed by atoms with Crippen molar-refractivity contribution >= 4 is 51.7 Å². The van der Waals surface area contributed by atoms with Crippen LogP contribution in [0, 0.1) is 22.7 Å². The highest BCUT2D eigenvalue weighted by atomic mass is 32.2. The number of carbonyl (C=O) groups is 2. The maximum absolute atomic E-state index is 13.6. The molecule has 2 aromatic carbocycles. The van der Waals surface area contributed by atoms with Gasteiger partial charge in [0.25, 0.3) is 0 Å². The summed E-state index contributed by atoms with van der Waals surface area (Å²) in [6, 6.07) is 19.8. The Hall–Kier alpha value is -4.20. The molecule has 0 spiro atoms. The Balaban J connectivity index is 1.41. The van der Waals surface area contributed by atoms with Crippen LogP contribution in [-0.4, -0.2) is 27.6 Å². The standard InChI is InChI=1S/C32H32N6O2S2/c1-4-20-10-13-22(14-11-20)35-27(40)19-41-31-37-36-30(42-31)38-25-16-32(2,3)17-26(39)28(25)23(24(18-33)29(38)34)15-12-21-8-6-5-7-9-21/h5-15,23H,4,16-17,19,34H2,1-3H3,(H,35,40)/b15-12+. The highest BCUT2D eigenvalue weighted by molar-refractivity contribution is 8.01. The molecule has 8 nitrogen and oxygen atoms in total. The van der Waals surface area contributed by atoms with Crippen LogP contribution in [0.4, 0.5) is 10.8 Å². The second-order valence-electron chi connectivity index (χ2n) is 11.0. The van der Waals surface area contributed by atoms with Gasteiger partial charge in [-0.2, -0.15) is 5.26 Å². The number of carbonyl (C=O) groups excluding carboxylic acids is 2. The number of allylic oxidation sites excluding steroid dienone is 4. The van der Waals surface area contributed by atoms with Gasteiger partial charge in [-0.1, -0.05) is 98.5 Å². The van der Waals surface area contributed by atoms with Gasteiger partial charge in [0.1, 0.15) is 5.82 Å². The molecule has 1 aliphatic heterocycles. The normalized spacial score (nSPS) is 18.3. The van der Waals surface area contributed by atoms with Crippen LogP contribution in [0.1, 0.15) is 44.7 Å². The van der Waals surface area contributed by atoms with Crippen molar-refractivity contribution in [3.63, 3.8) is 0 Å². The van der Waals surface area contributed by atoms with E-state index < -0.39 is 5.92 Å². The van der Waals surface area contributed by atoms with Crippen molar-refractivity contribution in [2.24, 2.45) is 17.1 Å². The second kappa shape index (κ2) is 12.3. The van der Waals surface area contributed by atoms with E-state index in [2.05, 4.69) is 42.4 Å². The molecule has 0 fully saturated rings. The SMILES string of the molecule is CCc1ccc(NC(=O)CSc2nnc(N3C(N)=C(C#N)C(/C=C/c4ccccc4)C4=C3CC(C)(C)CC4=O)s2)cc1. The summed E-state index contributed by atoms with van der Waals surface area (Å²) in [4.78, 5) is 27.9.